The molecule has 10 atom stereocenters. The number of amides is 2. The van der Waals surface area contributed by atoms with Crippen LogP contribution in [0.3, 0.4) is 0 Å². The molecule has 0 spiro atoms. The number of methoxy groups -OCH3 is 1. The van der Waals surface area contributed by atoms with Gasteiger partial charge in [-0.25, -0.2) is 0 Å². The molecule has 0 bridgehead atoms. The summed E-state index contributed by atoms with van der Waals surface area (Å²) in [4.78, 5) is 29.8. The summed E-state index contributed by atoms with van der Waals surface area (Å²) in [7, 11) is 1.49. The van der Waals surface area contributed by atoms with Gasteiger partial charge in [0.15, 0.2) is 11.5 Å². The molecule has 0 aromatic heterocycles. The molecule has 3 N–H and O–H groups in total. The highest BCUT2D eigenvalue weighted by molar-refractivity contribution is 5.92. The molecule has 0 unspecified atom stereocenters. The lowest BCUT2D eigenvalue weighted by molar-refractivity contribution is -0.174. The molecule has 1 aromatic carbocycles. The number of hydrogen-bond acceptors (Lipinski definition) is 6. The van der Waals surface area contributed by atoms with Crippen LogP contribution in [0.1, 0.15) is 90.5 Å². The zero-order valence-electron chi connectivity index (χ0n) is 28.4. The van der Waals surface area contributed by atoms with Gasteiger partial charge in [-0.05, 0) is 128 Å². The van der Waals surface area contributed by atoms with Crippen LogP contribution < -0.4 is 4.74 Å². The number of aliphatic hydroxyl groups excluding tert-OH is 2. The maximum Gasteiger partial charge on any atom is 0.246 e. The lowest BCUT2D eigenvalue weighted by Gasteiger charge is -2.62. The van der Waals surface area contributed by atoms with E-state index < -0.39 is 0 Å². The van der Waals surface area contributed by atoms with Gasteiger partial charge in [0.25, 0.3) is 0 Å². The van der Waals surface area contributed by atoms with Gasteiger partial charge < -0.3 is 29.9 Å². The second-order valence-electron chi connectivity index (χ2n) is 15.9. The number of nitrogens with zero attached hydrogens (tertiary/aromatic N) is 2. The molecule has 1 heterocycles. The van der Waals surface area contributed by atoms with E-state index in [1.54, 1.807) is 35.3 Å². The summed E-state index contributed by atoms with van der Waals surface area (Å²) in [5.41, 5.74) is 1.23. The number of piperazine rings is 1. The van der Waals surface area contributed by atoms with Crippen molar-refractivity contribution in [2.45, 2.75) is 97.2 Å². The normalized spacial score (nSPS) is 38.2. The molecule has 1 saturated heterocycles. The van der Waals surface area contributed by atoms with Crippen molar-refractivity contribution in [2.24, 2.45) is 46.3 Å². The van der Waals surface area contributed by atoms with Gasteiger partial charge in [-0.1, -0.05) is 26.8 Å². The highest BCUT2D eigenvalue weighted by Crippen LogP contribution is 2.68. The van der Waals surface area contributed by atoms with Crippen molar-refractivity contribution >= 4 is 17.9 Å². The zero-order valence-corrected chi connectivity index (χ0v) is 28.4. The number of aliphatic hydroxyl groups is 2. The lowest BCUT2D eigenvalue weighted by Crippen LogP contribution is -2.58. The van der Waals surface area contributed by atoms with E-state index >= 15 is 0 Å². The minimum Gasteiger partial charge on any atom is -0.504 e. The third-order valence-electron chi connectivity index (χ3n) is 13.8. The molecular weight excluding hydrogens is 580 g/mol. The molecule has 46 heavy (non-hydrogen) atoms. The van der Waals surface area contributed by atoms with Crippen LogP contribution in [-0.2, 0) is 9.59 Å². The Morgan fingerprint density at radius 1 is 0.978 bits per heavy atom. The van der Waals surface area contributed by atoms with Crippen LogP contribution >= 0.6 is 0 Å². The van der Waals surface area contributed by atoms with Gasteiger partial charge in [0.1, 0.15) is 0 Å². The lowest BCUT2D eigenvalue weighted by atomic mass is 9.43. The van der Waals surface area contributed by atoms with E-state index in [1.807, 2.05) is 4.90 Å². The SMILES string of the molecule is COc1cc(/C=C\C(=O)N2CCN(C(=O)CC[C@@H](C)[C@H]3CC[C@H]4[C@@H]5[C@@H](O)C[C@@H]6C[C@H](O)CC[C@]6(C)[C@H]5CC[C@]34C)CC2)ccc1O. The summed E-state index contributed by atoms with van der Waals surface area (Å²) >= 11 is 0. The van der Waals surface area contributed by atoms with Crippen LogP contribution in [0.25, 0.3) is 6.08 Å². The van der Waals surface area contributed by atoms with Gasteiger partial charge in [-0.3, -0.25) is 9.59 Å². The Morgan fingerprint density at radius 2 is 1.67 bits per heavy atom. The molecule has 0 radical (unpaired) electrons. The van der Waals surface area contributed by atoms with E-state index in [1.165, 1.54) is 32.8 Å². The van der Waals surface area contributed by atoms with Crippen LogP contribution in [-0.4, -0.2) is 82.4 Å². The van der Waals surface area contributed by atoms with Crippen molar-refractivity contribution in [3.8, 4) is 11.5 Å². The van der Waals surface area contributed by atoms with Gasteiger partial charge >= 0.3 is 0 Å². The minimum atomic E-state index is -0.258. The number of carbonyl (C=O) groups is 2. The second kappa shape index (κ2) is 13.1. The predicted molar refractivity (Wildman–Crippen MR) is 178 cm³/mol. The molecule has 8 heteroatoms. The topological polar surface area (TPSA) is 111 Å². The Labute approximate surface area is 275 Å². The van der Waals surface area contributed by atoms with Crippen molar-refractivity contribution in [3.05, 3.63) is 29.8 Å². The zero-order chi connectivity index (χ0) is 32.8. The molecule has 254 valence electrons. The van der Waals surface area contributed by atoms with Gasteiger partial charge in [0.2, 0.25) is 11.8 Å². The Bertz CT molecular complexity index is 1310. The molecule has 4 saturated carbocycles. The first-order valence-electron chi connectivity index (χ1n) is 17.9. The summed E-state index contributed by atoms with van der Waals surface area (Å²) < 4.78 is 5.15. The van der Waals surface area contributed by atoms with E-state index in [0.29, 0.717) is 73.9 Å². The molecule has 5 aliphatic rings. The number of benzene rings is 1. The first-order valence-corrected chi connectivity index (χ1v) is 17.9. The quantitative estimate of drug-likeness (QED) is 0.342. The van der Waals surface area contributed by atoms with Crippen LogP contribution in [0.4, 0.5) is 0 Å². The third kappa shape index (κ3) is 6.09. The summed E-state index contributed by atoms with van der Waals surface area (Å²) in [6.07, 6.45) is 12.7. The molecule has 8 nitrogen and oxygen atoms in total. The largest absolute Gasteiger partial charge is 0.504 e. The summed E-state index contributed by atoms with van der Waals surface area (Å²) in [5, 5.41) is 31.7. The average molecular weight is 637 g/mol. The first-order chi connectivity index (χ1) is 21.9. The summed E-state index contributed by atoms with van der Waals surface area (Å²) in [6.45, 7) is 9.48. The Kier molecular flexibility index (Phi) is 9.52. The van der Waals surface area contributed by atoms with Crippen LogP contribution in [0.15, 0.2) is 24.3 Å². The maximum absolute atomic E-state index is 13.3. The standard InChI is InChI=1S/C38H56N2O6/c1-24(5-11-34(44)39-17-19-40(20-18-39)35(45)12-7-25-6-10-31(42)33(21-25)46-4)28-8-9-29-36-30(14-16-38(28,29)3)37(2)15-13-27(41)22-26(37)23-32(36)43/h6-7,10,12,21,24,26-30,32,36,41-43H,5,8-9,11,13-20,22-23H2,1-4H3/b12-7-/t24-,26+,27-,28-,29+,30+,32+,36+,37+,38-/m1/s1. The highest BCUT2D eigenvalue weighted by Gasteiger charge is 2.62. The van der Waals surface area contributed by atoms with Crippen LogP contribution in [0, 0.1) is 46.3 Å². The number of fused-ring (bicyclic) bond motifs is 5. The Hall–Kier alpha value is -2.58. The monoisotopic (exact) mass is 636 g/mol. The van der Waals surface area contributed by atoms with E-state index in [2.05, 4.69) is 20.8 Å². The fraction of sp³-hybridized carbons (Fsp3) is 0.737. The van der Waals surface area contributed by atoms with Gasteiger partial charge in [0.05, 0.1) is 19.3 Å². The number of phenols is 1. The van der Waals surface area contributed by atoms with Crippen molar-refractivity contribution in [1.82, 2.24) is 9.80 Å². The fourth-order valence-electron chi connectivity index (χ4n) is 11.1. The summed E-state index contributed by atoms with van der Waals surface area (Å²) in [5.74, 6) is 3.46. The van der Waals surface area contributed by atoms with E-state index in [4.69, 9.17) is 4.74 Å². The van der Waals surface area contributed by atoms with Crippen molar-refractivity contribution < 1.29 is 29.6 Å². The molecule has 6 rings (SSSR count). The Morgan fingerprint density at radius 3 is 2.41 bits per heavy atom. The first kappa shape index (κ1) is 33.3. The number of ether oxygens (including phenoxy) is 1. The van der Waals surface area contributed by atoms with E-state index in [0.717, 1.165) is 37.7 Å². The van der Waals surface area contributed by atoms with E-state index in [9.17, 15) is 24.9 Å². The fourth-order valence-corrected chi connectivity index (χ4v) is 11.1. The number of phenolic OH excluding ortho intramolecular Hbond substituents is 1. The van der Waals surface area contributed by atoms with Crippen molar-refractivity contribution in [2.75, 3.05) is 33.3 Å². The summed E-state index contributed by atoms with van der Waals surface area (Å²) in [6, 6.07) is 4.96. The predicted octanol–water partition coefficient (Wildman–Crippen LogP) is 5.49. The number of rotatable bonds is 7. The number of carbonyl (C=O) groups excluding carboxylic acids is 2. The van der Waals surface area contributed by atoms with E-state index in [-0.39, 0.29) is 40.6 Å². The third-order valence-corrected chi connectivity index (χ3v) is 13.8. The molecule has 4 aliphatic carbocycles. The van der Waals surface area contributed by atoms with Crippen molar-refractivity contribution in [3.63, 3.8) is 0 Å². The van der Waals surface area contributed by atoms with Crippen molar-refractivity contribution in [1.29, 1.82) is 0 Å². The highest BCUT2D eigenvalue weighted by atomic mass is 16.5. The Balaban J connectivity index is 0.993. The van der Waals surface area contributed by atoms with Gasteiger partial charge in [0, 0.05) is 38.7 Å². The minimum absolute atomic E-state index is 0.0589. The average Bonchev–Trinajstić information content (AvgIpc) is 3.41. The number of aromatic hydroxyl groups is 1. The molecule has 1 aromatic rings. The molecule has 1 aliphatic heterocycles. The molecule has 2 amide bonds. The van der Waals surface area contributed by atoms with Crippen LogP contribution in [0.5, 0.6) is 11.5 Å². The van der Waals surface area contributed by atoms with Gasteiger partial charge in [-0.15, -0.1) is 0 Å². The second-order valence-corrected chi connectivity index (χ2v) is 15.9. The number of hydrogen-bond donors (Lipinski definition) is 3. The smallest absolute Gasteiger partial charge is 0.246 e. The molecule has 5 fully saturated rings. The maximum atomic E-state index is 13.3. The molecular formula is C38H56N2O6. The van der Waals surface area contributed by atoms with Gasteiger partial charge in [-0.2, -0.15) is 0 Å². The van der Waals surface area contributed by atoms with Crippen LogP contribution in [0.2, 0.25) is 0 Å².